The molecule has 0 saturated carbocycles. The topological polar surface area (TPSA) is 50.1 Å². The van der Waals surface area contributed by atoms with E-state index in [1.54, 1.807) is 12.1 Å². The zero-order chi connectivity index (χ0) is 14.0. The number of piperidine rings is 1. The largest absolute Gasteiger partial charge is 0.380 e. The minimum Gasteiger partial charge on any atom is -0.380 e. The van der Waals surface area contributed by atoms with E-state index in [0.29, 0.717) is 18.6 Å². The molecule has 0 spiro atoms. The van der Waals surface area contributed by atoms with Crippen molar-refractivity contribution in [1.82, 2.24) is 5.32 Å². The lowest BCUT2D eigenvalue weighted by Gasteiger charge is -2.43. The van der Waals surface area contributed by atoms with Gasteiger partial charge in [0, 0.05) is 29.9 Å². The predicted octanol–water partition coefficient (Wildman–Crippen LogP) is 2.75. The number of rotatable bonds is 3. The maximum atomic E-state index is 13.2. The SMILES string of the molecule is CC1CC(C)(Nc2ccc(F)c(Cl)c2)CC(CN)N1. The van der Waals surface area contributed by atoms with Crippen molar-refractivity contribution in [3.05, 3.63) is 29.0 Å². The summed E-state index contributed by atoms with van der Waals surface area (Å²) >= 11 is 5.81. The predicted molar refractivity (Wildman–Crippen MR) is 78.1 cm³/mol. The molecule has 2 rings (SSSR count). The van der Waals surface area contributed by atoms with Gasteiger partial charge in [0.05, 0.1) is 5.02 Å². The van der Waals surface area contributed by atoms with Crippen LogP contribution in [0.4, 0.5) is 10.1 Å². The Bertz CT molecular complexity index is 454. The Morgan fingerprint density at radius 3 is 2.89 bits per heavy atom. The van der Waals surface area contributed by atoms with Crippen molar-refractivity contribution in [2.45, 2.75) is 44.3 Å². The van der Waals surface area contributed by atoms with Gasteiger partial charge in [0.15, 0.2) is 0 Å². The van der Waals surface area contributed by atoms with E-state index >= 15 is 0 Å². The van der Waals surface area contributed by atoms with E-state index in [4.69, 9.17) is 17.3 Å². The number of nitrogens with one attached hydrogen (secondary N) is 2. The summed E-state index contributed by atoms with van der Waals surface area (Å²) in [5.74, 6) is -0.393. The first-order valence-electron chi connectivity index (χ1n) is 6.61. The number of halogens is 2. The Kier molecular flexibility index (Phi) is 4.33. The monoisotopic (exact) mass is 285 g/mol. The molecule has 1 aromatic carbocycles. The van der Waals surface area contributed by atoms with Crippen LogP contribution in [0.3, 0.4) is 0 Å². The number of hydrogen-bond donors (Lipinski definition) is 3. The standard InChI is InChI=1S/C14H21ClFN3/c1-9-6-14(2,7-11(8-17)18-9)19-10-3-4-13(16)12(15)5-10/h3-5,9,11,18-19H,6-8,17H2,1-2H3. The van der Waals surface area contributed by atoms with Gasteiger partial charge in [0.25, 0.3) is 0 Å². The third kappa shape index (κ3) is 3.59. The van der Waals surface area contributed by atoms with Crippen molar-refractivity contribution in [2.75, 3.05) is 11.9 Å². The summed E-state index contributed by atoms with van der Waals surface area (Å²) in [5.41, 5.74) is 6.55. The highest BCUT2D eigenvalue weighted by Gasteiger charge is 2.34. The average molecular weight is 286 g/mol. The fourth-order valence-corrected chi connectivity index (χ4v) is 3.18. The maximum absolute atomic E-state index is 13.2. The van der Waals surface area contributed by atoms with Gasteiger partial charge in [0.2, 0.25) is 0 Å². The zero-order valence-electron chi connectivity index (χ0n) is 11.3. The summed E-state index contributed by atoms with van der Waals surface area (Å²) in [5, 5.41) is 7.09. The molecule has 0 amide bonds. The Morgan fingerprint density at radius 2 is 2.26 bits per heavy atom. The van der Waals surface area contributed by atoms with E-state index < -0.39 is 5.82 Å². The molecular weight excluding hydrogens is 265 g/mol. The molecule has 1 heterocycles. The number of anilines is 1. The van der Waals surface area contributed by atoms with Gasteiger partial charge < -0.3 is 16.4 Å². The molecule has 0 aliphatic carbocycles. The van der Waals surface area contributed by atoms with Crippen molar-refractivity contribution < 1.29 is 4.39 Å². The molecule has 3 nitrogen and oxygen atoms in total. The smallest absolute Gasteiger partial charge is 0.141 e. The van der Waals surface area contributed by atoms with Crippen LogP contribution in [-0.4, -0.2) is 24.2 Å². The highest BCUT2D eigenvalue weighted by atomic mass is 35.5. The van der Waals surface area contributed by atoms with Gasteiger partial charge in [-0.3, -0.25) is 0 Å². The van der Waals surface area contributed by atoms with Crippen LogP contribution >= 0.6 is 11.6 Å². The molecular formula is C14H21ClFN3. The second-order valence-electron chi connectivity index (χ2n) is 5.72. The Morgan fingerprint density at radius 1 is 1.53 bits per heavy atom. The van der Waals surface area contributed by atoms with Crippen molar-refractivity contribution in [3.63, 3.8) is 0 Å². The Labute approximate surface area is 118 Å². The summed E-state index contributed by atoms with van der Waals surface area (Å²) < 4.78 is 13.2. The van der Waals surface area contributed by atoms with Gasteiger partial charge in [-0.25, -0.2) is 4.39 Å². The highest BCUT2D eigenvalue weighted by Crippen LogP contribution is 2.30. The quantitative estimate of drug-likeness (QED) is 0.800. The fourth-order valence-electron chi connectivity index (χ4n) is 3.00. The number of nitrogens with two attached hydrogens (primary N) is 1. The summed E-state index contributed by atoms with van der Waals surface area (Å²) in [4.78, 5) is 0. The molecule has 5 heteroatoms. The number of benzene rings is 1. The van der Waals surface area contributed by atoms with Crippen molar-refractivity contribution in [1.29, 1.82) is 0 Å². The molecule has 0 bridgehead atoms. The van der Waals surface area contributed by atoms with Crippen LogP contribution in [-0.2, 0) is 0 Å². The third-order valence-electron chi connectivity index (χ3n) is 3.62. The van der Waals surface area contributed by atoms with E-state index in [2.05, 4.69) is 24.5 Å². The molecule has 4 N–H and O–H groups in total. The minimum atomic E-state index is -0.393. The summed E-state index contributed by atoms with van der Waals surface area (Å²) in [6.07, 6.45) is 1.92. The Balaban J connectivity index is 2.13. The maximum Gasteiger partial charge on any atom is 0.141 e. The summed E-state index contributed by atoms with van der Waals surface area (Å²) in [6.45, 7) is 4.94. The second kappa shape index (κ2) is 5.65. The van der Waals surface area contributed by atoms with Crippen LogP contribution in [0, 0.1) is 5.82 Å². The first-order chi connectivity index (χ1) is 8.92. The van der Waals surface area contributed by atoms with E-state index in [9.17, 15) is 4.39 Å². The second-order valence-corrected chi connectivity index (χ2v) is 6.13. The molecule has 1 aliphatic rings. The minimum absolute atomic E-state index is 0.0597. The van der Waals surface area contributed by atoms with Gasteiger partial charge in [-0.05, 0) is 44.9 Å². The summed E-state index contributed by atoms with van der Waals surface area (Å²) in [6, 6.07) is 5.44. The van der Waals surface area contributed by atoms with Gasteiger partial charge >= 0.3 is 0 Å². The van der Waals surface area contributed by atoms with Crippen molar-refractivity contribution in [2.24, 2.45) is 5.73 Å². The lowest BCUT2D eigenvalue weighted by Crippen LogP contribution is -2.56. The molecule has 1 aliphatic heterocycles. The Hall–Kier alpha value is -0.840. The average Bonchev–Trinajstić information content (AvgIpc) is 2.32. The zero-order valence-corrected chi connectivity index (χ0v) is 12.1. The van der Waals surface area contributed by atoms with Gasteiger partial charge in [-0.2, -0.15) is 0 Å². The van der Waals surface area contributed by atoms with E-state index in [0.717, 1.165) is 18.5 Å². The van der Waals surface area contributed by atoms with Gasteiger partial charge in [0.1, 0.15) is 5.82 Å². The lowest BCUT2D eigenvalue weighted by atomic mass is 9.82. The molecule has 1 aromatic rings. The molecule has 19 heavy (non-hydrogen) atoms. The van der Waals surface area contributed by atoms with Gasteiger partial charge in [-0.1, -0.05) is 11.6 Å². The molecule has 0 radical (unpaired) electrons. The fraction of sp³-hybridized carbons (Fsp3) is 0.571. The van der Waals surface area contributed by atoms with E-state index in [-0.39, 0.29) is 10.6 Å². The van der Waals surface area contributed by atoms with Crippen LogP contribution in [0.2, 0.25) is 5.02 Å². The van der Waals surface area contributed by atoms with Crippen molar-refractivity contribution in [3.8, 4) is 0 Å². The first kappa shape index (κ1) is 14.6. The first-order valence-corrected chi connectivity index (χ1v) is 6.99. The van der Waals surface area contributed by atoms with Crippen LogP contribution < -0.4 is 16.4 Å². The summed E-state index contributed by atoms with van der Waals surface area (Å²) in [7, 11) is 0. The van der Waals surface area contributed by atoms with E-state index in [1.807, 2.05) is 0 Å². The molecule has 106 valence electrons. The molecule has 1 fully saturated rings. The molecule has 0 aromatic heterocycles. The van der Waals surface area contributed by atoms with Crippen LogP contribution in [0.5, 0.6) is 0 Å². The van der Waals surface area contributed by atoms with Crippen LogP contribution in [0.15, 0.2) is 18.2 Å². The van der Waals surface area contributed by atoms with Crippen LogP contribution in [0.25, 0.3) is 0 Å². The third-order valence-corrected chi connectivity index (χ3v) is 3.91. The van der Waals surface area contributed by atoms with Gasteiger partial charge in [-0.15, -0.1) is 0 Å². The molecule has 3 unspecified atom stereocenters. The van der Waals surface area contributed by atoms with Crippen molar-refractivity contribution >= 4 is 17.3 Å². The van der Waals surface area contributed by atoms with Crippen LogP contribution in [0.1, 0.15) is 26.7 Å². The van der Waals surface area contributed by atoms with E-state index in [1.165, 1.54) is 6.07 Å². The molecule has 3 atom stereocenters. The molecule has 1 saturated heterocycles. The number of hydrogen-bond acceptors (Lipinski definition) is 3. The lowest BCUT2D eigenvalue weighted by molar-refractivity contribution is 0.250. The normalized spacial score (nSPS) is 31.2. The highest BCUT2D eigenvalue weighted by molar-refractivity contribution is 6.31.